The summed E-state index contributed by atoms with van der Waals surface area (Å²) in [5.41, 5.74) is 5.66. The average molecular weight is 503 g/mol. The van der Waals surface area contributed by atoms with E-state index in [4.69, 9.17) is 14.5 Å². The summed E-state index contributed by atoms with van der Waals surface area (Å²) < 4.78 is 12.2. The molecule has 0 fully saturated rings. The number of nitrogens with zero attached hydrogens (tertiary/aromatic N) is 4. The maximum absolute atomic E-state index is 12.3. The topological polar surface area (TPSA) is 98.8 Å². The van der Waals surface area contributed by atoms with Crippen LogP contribution in [-0.2, 0) is 16.1 Å². The normalized spacial score (nSPS) is 14.5. The van der Waals surface area contributed by atoms with E-state index in [1.54, 1.807) is 7.11 Å². The Bertz CT molecular complexity index is 1450. The van der Waals surface area contributed by atoms with E-state index in [-0.39, 0.29) is 19.0 Å². The number of methoxy groups -OCH3 is 2. The second-order valence-corrected chi connectivity index (χ2v) is 9.59. The Morgan fingerprint density at radius 3 is 2.25 bits per heavy atom. The molecule has 1 atom stereocenters. The first-order valence-electron chi connectivity index (χ1n) is 11.5. The Labute approximate surface area is 212 Å². The molecule has 8 nitrogen and oxygen atoms in total. The standard InChI is InChI=1S/C27H26N4O4S/c1-15-22(14-32)36-27-24(15)25(28-21(13-23(33)35-4)26-30-29-16(2)31(26)27)19-7-5-17(6-8-19)18-9-11-20(34-3)12-10-18/h5-12,21,32H,13-14H2,1-4H3/t21-/m0/s1. The third-order valence-electron chi connectivity index (χ3n) is 6.41. The minimum Gasteiger partial charge on any atom is -0.497 e. The number of carbonyl (C=O) groups is 1. The van der Waals surface area contributed by atoms with Gasteiger partial charge >= 0.3 is 5.97 Å². The highest BCUT2D eigenvalue weighted by Crippen LogP contribution is 2.40. The second-order valence-electron chi connectivity index (χ2n) is 8.51. The molecule has 9 heteroatoms. The van der Waals surface area contributed by atoms with Crippen LogP contribution in [0.15, 0.2) is 53.5 Å². The number of carbonyl (C=O) groups excluding carboxylic acids is 1. The van der Waals surface area contributed by atoms with Crippen molar-refractivity contribution in [1.82, 2.24) is 14.8 Å². The molecule has 0 unspecified atom stereocenters. The zero-order valence-corrected chi connectivity index (χ0v) is 21.3. The summed E-state index contributed by atoms with van der Waals surface area (Å²) in [4.78, 5) is 18.2. The van der Waals surface area contributed by atoms with E-state index in [1.807, 2.05) is 54.8 Å². The van der Waals surface area contributed by atoms with Crippen LogP contribution in [0.3, 0.4) is 0 Å². The first-order chi connectivity index (χ1) is 17.4. The Morgan fingerprint density at radius 2 is 1.64 bits per heavy atom. The van der Waals surface area contributed by atoms with Crippen molar-refractivity contribution in [3.63, 3.8) is 0 Å². The quantitative estimate of drug-likeness (QED) is 0.388. The van der Waals surface area contributed by atoms with E-state index >= 15 is 0 Å². The van der Waals surface area contributed by atoms with Gasteiger partial charge in [0.15, 0.2) is 5.82 Å². The minimum atomic E-state index is -0.563. The van der Waals surface area contributed by atoms with E-state index < -0.39 is 6.04 Å². The molecule has 0 bridgehead atoms. The van der Waals surface area contributed by atoms with Crippen LogP contribution in [0.5, 0.6) is 5.75 Å². The number of benzene rings is 2. The van der Waals surface area contributed by atoms with Crippen LogP contribution >= 0.6 is 11.3 Å². The molecule has 2 aromatic carbocycles. The van der Waals surface area contributed by atoms with Crippen LogP contribution < -0.4 is 4.74 Å². The molecule has 1 aliphatic rings. The maximum atomic E-state index is 12.3. The summed E-state index contributed by atoms with van der Waals surface area (Å²) >= 11 is 1.49. The number of rotatable bonds is 6. The Kier molecular flexibility index (Phi) is 6.42. The number of fused-ring (bicyclic) bond motifs is 3. The highest BCUT2D eigenvalue weighted by molar-refractivity contribution is 7.15. The number of aliphatic imine (C=N–C) groups is 1. The lowest BCUT2D eigenvalue weighted by molar-refractivity contribution is -0.141. The SMILES string of the molecule is COC(=O)C[C@@H]1N=C(c2ccc(-c3ccc(OC)cc3)cc2)c2c(sc(CO)c2C)-n2c(C)nnc21. The number of hydrogen-bond donors (Lipinski definition) is 1. The lowest BCUT2D eigenvalue weighted by Gasteiger charge is -2.12. The number of aryl methyl sites for hydroxylation is 1. The van der Waals surface area contributed by atoms with Gasteiger partial charge in [0.2, 0.25) is 0 Å². The predicted molar refractivity (Wildman–Crippen MR) is 138 cm³/mol. The van der Waals surface area contributed by atoms with E-state index in [0.717, 1.165) is 49.2 Å². The highest BCUT2D eigenvalue weighted by atomic mass is 32.1. The van der Waals surface area contributed by atoms with Gasteiger partial charge in [-0.3, -0.25) is 14.4 Å². The lowest BCUT2D eigenvalue weighted by Crippen LogP contribution is -2.12. The van der Waals surface area contributed by atoms with E-state index in [1.165, 1.54) is 18.4 Å². The molecule has 5 rings (SSSR count). The highest BCUT2D eigenvalue weighted by Gasteiger charge is 2.33. The molecule has 2 aromatic heterocycles. The van der Waals surface area contributed by atoms with Gasteiger partial charge in [-0.05, 0) is 42.7 Å². The van der Waals surface area contributed by atoms with Gasteiger partial charge in [0, 0.05) is 16.0 Å². The van der Waals surface area contributed by atoms with Crippen molar-refractivity contribution in [2.24, 2.45) is 4.99 Å². The largest absolute Gasteiger partial charge is 0.497 e. The first kappa shape index (κ1) is 23.9. The summed E-state index contributed by atoms with van der Waals surface area (Å²) in [5, 5.41) is 19.6. The van der Waals surface area contributed by atoms with Crippen LogP contribution in [0.25, 0.3) is 16.1 Å². The summed E-state index contributed by atoms with van der Waals surface area (Å²) in [6.07, 6.45) is 0.0446. The molecule has 0 spiro atoms. The number of aliphatic hydroxyl groups excluding tert-OH is 1. The Hall–Kier alpha value is -3.82. The van der Waals surface area contributed by atoms with Gasteiger partial charge in [0.1, 0.15) is 22.6 Å². The van der Waals surface area contributed by atoms with Gasteiger partial charge < -0.3 is 14.6 Å². The van der Waals surface area contributed by atoms with Crippen molar-refractivity contribution in [3.8, 4) is 21.9 Å². The number of hydrogen-bond acceptors (Lipinski definition) is 8. The molecule has 0 saturated carbocycles. The summed E-state index contributed by atoms with van der Waals surface area (Å²) in [6.45, 7) is 3.79. The molecule has 0 radical (unpaired) electrons. The van der Waals surface area contributed by atoms with Crippen molar-refractivity contribution in [1.29, 1.82) is 0 Å². The predicted octanol–water partition coefficient (Wildman–Crippen LogP) is 4.57. The number of aliphatic hydroxyl groups is 1. The number of thiophene rings is 1. The molecule has 1 aliphatic heterocycles. The zero-order chi connectivity index (χ0) is 25.4. The van der Waals surface area contributed by atoms with Crippen molar-refractivity contribution in [2.45, 2.75) is 32.9 Å². The lowest BCUT2D eigenvalue weighted by atomic mass is 9.97. The molecule has 1 N–H and O–H groups in total. The van der Waals surface area contributed by atoms with Gasteiger partial charge in [-0.2, -0.15) is 0 Å². The second kappa shape index (κ2) is 9.67. The van der Waals surface area contributed by atoms with Crippen molar-refractivity contribution >= 4 is 23.0 Å². The van der Waals surface area contributed by atoms with Gasteiger partial charge in [-0.15, -0.1) is 21.5 Å². The smallest absolute Gasteiger partial charge is 0.308 e. The van der Waals surface area contributed by atoms with Crippen molar-refractivity contribution in [3.05, 3.63) is 81.7 Å². The summed E-state index contributed by atoms with van der Waals surface area (Å²) in [6, 6.07) is 15.5. The van der Waals surface area contributed by atoms with Gasteiger partial charge in [-0.25, -0.2) is 0 Å². The Balaban J connectivity index is 1.65. The number of ether oxygens (including phenoxy) is 2. The van der Waals surface area contributed by atoms with Crippen LogP contribution in [0.4, 0.5) is 0 Å². The minimum absolute atomic E-state index is 0.0446. The van der Waals surface area contributed by atoms with E-state index in [2.05, 4.69) is 22.3 Å². The summed E-state index contributed by atoms with van der Waals surface area (Å²) in [5.74, 6) is 1.71. The molecule has 4 aromatic rings. The van der Waals surface area contributed by atoms with Crippen molar-refractivity contribution < 1.29 is 19.4 Å². The fourth-order valence-corrected chi connectivity index (χ4v) is 5.68. The molecule has 184 valence electrons. The van der Waals surface area contributed by atoms with Gasteiger partial charge in [-0.1, -0.05) is 36.4 Å². The number of esters is 1. The molecule has 0 saturated heterocycles. The van der Waals surface area contributed by atoms with Crippen LogP contribution in [-0.4, -0.2) is 45.8 Å². The maximum Gasteiger partial charge on any atom is 0.308 e. The molecule has 36 heavy (non-hydrogen) atoms. The average Bonchev–Trinajstić information content (AvgIpc) is 3.41. The van der Waals surface area contributed by atoms with E-state index in [0.29, 0.717) is 11.6 Å². The fourth-order valence-electron chi connectivity index (χ4n) is 4.46. The first-order valence-corrected chi connectivity index (χ1v) is 12.3. The van der Waals surface area contributed by atoms with Gasteiger partial charge in [0.25, 0.3) is 0 Å². The zero-order valence-electron chi connectivity index (χ0n) is 20.5. The molecular weight excluding hydrogens is 476 g/mol. The van der Waals surface area contributed by atoms with Crippen molar-refractivity contribution in [2.75, 3.05) is 14.2 Å². The van der Waals surface area contributed by atoms with Crippen LogP contribution in [0.2, 0.25) is 0 Å². The third-order valence-corrected chi connectivity index (χ3v) is 7.67. The molecule has 0 aliphatic carbocycles. The van der Waals surface area contributed by atoms with E-state index in [9.17, 15) is 9.90 Å². The summed E-state index contributed by atoms with van der Waals surface area (Å²) in [7, 11) is 3.02. The fraction of sp³-hybridized carbons (Fsp3) is 0.259. The number of aromatic nitrogens is 3. The monoisotopic (exact) mass is 502 g/mol. The Morgan fingerprint density at radius 1 is 1.00 bits per heavy atom. The van der Waals surface area contributed by atoms with Crippen LogP contribution in [0.1, 0.15) is 45.7 Å². The molecular formula is C27H26N4O4S. The molecule has 0 amide bonds. The van der Waals surface area contributed by atoms with Crippen LogP contribution in [0, 0.1) is 13.8 Å². The third kappa shape index (κ3) is 4.10. The molecule has 3 heterocycles. The van der Waals surface area contributed by atoms with Gasteiger partial charge in [0.05, 0.1) is 33.0 Å².